The van der Waals surface area contributed by atoms with Gasteiger partial charge in [0, 0.05) is 12.6 Å². The van der Waals surface area contributed by atoms with Crippen molar-refractivity contribution in [1.29, 1.82) is 0 Å². The third-order valence-corrected chi connectivity index (χ3v) is 3.95. The zero-order valence-electron chi connectivity index (χ0n) is 11.6. The van der Waals surface area contributed by atoms with E-state index in [0.29, 0.717) is 0 Å². The van der Waals surface area contributed by atoms with Crippen LogP contribution in [0.15, 0.2) is 17.5 Å². The van der Waals surface area contributed by atoms with Gasteiger partial charge in [-0.1, -0.05) is 13.3 Å². The number of anilines is 1. The molecule has 2 rings (SSSR count). The van der Waals surface area contributed by atoms with Gasteiger partial charge in [0.15, 0.2) is 0 Å². The Morgan fingerprint density at radius 1 is 1.47 bits per heavy atom. The second-order valence-corrected chi connectivity index (χ2v) is 5.55. The summed E-state index contributed by atoms with van der Waals surface area (Å²) in [6.07, 6.45) is 2.17. The molecule has 0 radical (unpaired) electrons. The van der Waals surface area contributed by atoms with Gasteiger partial charge in [0.2, 0.25) is 0 Å². The Kier molecular flexibility index (Phi) is 4.37. The molecule has 102 valence electrons. The average Bonchev–Trinajstić information content (AvgIpc) is 2.93. The number of nitrogens with one attached hydrogen (secondary N) is 1. The summed E-state index contributed by atoms with van der Waals surface area (Å²) >= 11 is 1.47. The van der Waals surface area contributed by atoms with Gasteiger partial charge in [0.25, 0.3) is 5.91 Å². The van der Waals surface area contributed by atoms with E-state index in [0.717, 1.165) is 41.3 Å². The lowest BCUT2D eigenvalue weighted by Gasteiger charge is -2.08. The molecule has 0 bridgehead atoms. The number of amides is 1. The quantitative estimate of drug-likeness (QED) is 0.907. The van der Waals surface area contributed by atoms with Gasteiger partial charge in [-0.05, 0) is 37.3 Å². The summed E-state index contributed by atoms with van der Waals surface area (Å²) in [6.45, 7) is 6.87. The van der Waals surface area contributed by atoms with Crippen LogP contribution in [-0.2, 0) is 6.54 Å². The van der Waals surface area contributed by atoms with E-state index in [2.05, 4.69) is 17.3 Å². The molecule has 0 aliphatic rings. The maximum atomic E-state index is 12.2. The van der Waals surface area contributed by atoms with Crippen LogP contribution < -0.4 is 5.32 Å². The molecule has 2 heterocycles. The Morgan fingerprint density at radius 2 is 2.26 bits per heavy atom. The van der Waals surface area contributed by atoms with E-state index in [9.17, 15) is 4.79 Å². The number of rotatable bonds is 5. The molecule has 1 N–H and O–H groups in total. The molecule has 1 amide bonds. The zero-order chi connectivity index (χ0) is 13.8. The minimum Gasteiger partial charge on any atom is -0.306 e. The minimum absolute atomic E-state index is 0.0508. The van der Waals surface area contributed by atoms with E-state index >= 15 is 0 Å². The third kappa shape index (κ3) is 3.23. The molecule has 2 aromatic heterocycles. The highest BCUT2D eigenvalue weighted by Gasteiger charge is 2.13. The van der Waals surface area contributed by atoms with Crippen molar-refractivity contribution in [3.8, 4) is 0 Å². The van der Waals surface area contributed by atoms with Crippen LogP contribution in [0, 0.1) is 13.8 Å². The summed E-state index contributed by atoms with van der Waals surface area (Å²) in [5.74, 6) is 0.730. The molecule has 19 heavy (non-hydrogen) atoms. The van der Waals surface area contributed by atoms with Crippen molar-refractivity contribution in [3.05, 3.63) is 33.6 Å². The van der Waals surface area contributed by atoms with Crippen LogP contribution in [0.3, 0.4) is 0 Å². The van der Waals surface area contributed by atoms with Gasteiger partial charge in [0.05, 0.1) is 10.6 Å². The van der Waals surface area contributed by atoms with Crippen LogP contribution in [-0.4, -0.2) is 15.7 Å². The van der Waals surface area contributed by atoms with E-state index < -0.39 is 0 Å². The Labute approximate surface area is 117 Å². The Morgan fingerprint density at radius 3 is 2.89 bits per heavy atom. The molecule has 0 fully saturated rings. The summed E-state index contributed by atoms with van der Waals surface area (Å²) in [6, 6.07) is 3.87. The molecule has 4 nitrogen and oxygen atoms in total. The molecular formula is C14H19N3OS. The van der Waals surface area contributed by atoms with Crippen molar-refractivity contribution < 1.29 is 4.79 Å². The predicted molar refractivity (Wildman–Crippen MR) is 78.9 cm³/mol. The van der Waals surface area contributed by atoms with Gasteiger partial charge < -0.3 is 5.32 Å². The molecule has 5 heteroatoms. The molecule has 0 unspecified atom stereocenters. The van der Waals surface area contributed by atoms with Crippen LogP contribution in [0.1, 0.15) is 40.7 Å². The molecular weight excluding hydrogens is 258 g/mol. The topological polar surface area (TPSA) is 46.9 Å². The summed E-state index contributed by atoms with van der Waals surface area (Å²) < 4.78 is 1.87. The first-order valence-electron chi connectivity index (χ1n) is 6.51. The van der Waals surface area contributed by atoms with Gasteiger partial charge in [-0.25, -0.2) is 4.68 Å². The van der Waals surface area contributed by atoms with Crippen LogP contribution in [0.5, 0.6) is 0 Å². The number of aryl methyl sites for hydroxylation is 3. The van der Waals surface area contributed by atoms with Crippen molar-refractivity contribution in [3.63, 3.8) is 0 Å². The van der Waals surface area contributed by atoms with Crippen molar-refractivity contribution in [2.24, 2.45) is 0 Å². The highest BCUT2D eigenvalue weighted by Crippen LogP contribution is 2.18. The molecule has 2 aromatic rings. The minimum atomic E-state index is -0.0508. The van der Waals surface area contributed by atoms with Crippen molar-refractivity contribution in [1.82, 2.24) is 9.78 Å². The lowest BCUT2D eigenvalue weighted by atomic mass is 10.3. The van der Waals surface area contributed by atoms with Crippen LogP contribution in [0.25, 0.3) is 0 Å². The number of thiophene rings is 1. The predicted octanol–water partition coefficient (Wildman–Crippen LogP) is 3.61. The fraction of sp³-hybridized carbons (Fsp3) is 0.429. The highest BCUT2D eigenvalue weighted by molar-refractivity contribution is 7.12. The molecule has 0 aliphatic heterocycles. The lowest BCUT2D eigenvalue weighted by molar-refractivity contribution is 0.102. The number of carbonyl (C=O) groups excluding carboxylic acids is 1. The van der Waals surface area contributed by atoms with Gasteiger partial charge in [-0.2, -0.15) is 5.10 Å². The SMILES string of the molecule is CCCCn1nc(C)cc1NC(=O)c1sccc1C. The summed E-state index contributed by atoms with van der Waals surface area (Å²) in [4.78, 5) is 13.0. The highest BCUT2D eigenvalue weighted by atomic mass is 32.1. The first-order chi connectivity index (χ1) is 9.11. The van der Waals surface area contributed by atoms with E-state index in [-0.39, 0.29) is 5.91 Å². The number of unbranched alkanes of at least 4 members (excludes halogenated alkanes) is 1. The second kappa shape index (κ2) is 6.02. The van der Waals surface area contributed by atoms with Crippen molar-refractivity contribution >= 4 is 23.1 Å². The molecule has 0 atom stereocenters. The molecule has 0 aromatic carbocycles. The van der Waals surface area contributed by atoms with Crippen molar-refractivity contribution in [2.45, 2.75) is 40.2 Å². The number of hydrogen-bond donors (Lipinski definition) is 1. The van der Waals surface area contributed by atoms with Gasteiger partial charge in [-0.15, -0.1) is 11.3 Å². The molecule has 0 spiro atoms. The van der Waals surface area contributed by atoms with Gasteiger partial charge in [0.1, 0.15) is 5.82 Å². The summed E-state index contributed by atoms with van der Waals surface area (Å²) in [7, 11) is 0. The fourth-order valence-corrected chi connectivity index (χ4v) is 2.72. The number of nitrogens with zero attached hydrogens (tertiary/aromatic N) is 2. The average molecular weight is 277 g/mol. The van der Waals surface area contributed by atoms with Crippen LogP contribution in [0.4, 0.5) is 5.82 Å². The van der Waals surface area contributed by atoms with Gasteiger partial charge in [-0.3, -0.25) is 4.79 Å². The summed E-state index contributed by atoms with van der Waals surface area (Å²) in [5, 5.41) is 9.30. The van der Waals surface area contributed by atoms with E-state index in [1.165, 1.54) is 11.3 Å². The largest absolute Gasteiger partial charge is 0.306 e. The van der Waals surface area contributed by atoms with Crippen LogP contribution >= 0.6 is 11.3 Å². The van der Waals surface area contributed by atoms with Crippen molar-refractivity contribution in [2.75, 3.05) is 5.32 Å². The summed E-state index contributed by atoms with van der Waals surface area (Å²) in [5.41, 5.74) is 1.94. The van der Waals surface area contributed by atoms with E-state index in [1.54, 1.807) is 0 Å². The van der Waals surface area contributed by atoms with Gasteiger partial charge >= 0.3 is 0 Å². The first-order valence-corrected chi connectivity index (χ1v) is 7.39. The molecule has 0 saturated carbocycles. The Bertz CT molecular complexity index is 571. The molecule has 0 saturated heterocycles. The number of aromatic nitrogens is 2. The van der Waals surface area contributed by atoms with Crippen LogP contribution in [0.2, 0.25) is 0 Å². The third-order valence-electron chi connectivity index (χ3n) is 2.94. The fourth-order valence-electron chi connectivity index (χ4n) is 1.90. The monoisotopic (exact) mass is 277 g/mol. The smallest absolute Gasteiger partial charge is 0.267 e. The maximum absolute atomic E-state index is 12.2. The first kappa shape index (κ1) is 13.8. The maximum Gasteiger partial charge on any atom is 0.267 e. The standard InChI is InChI=1S/C14H19N3OS/c1-4-5-7-17-12(9-11(3)16-17)15-14(18)13-10(2)6-8-19-13/h6,8-9H,4-5,7H2,1-3H3,(H,15,18). The molecule has 0 aliphatic carbocycles. The number of hydrogen-bond acceptors (Lipinski definition) is 3. The Hall–Kier alpha value is -1.62. The second-order valence-electron chi connectivity index (χ2n) is 4.63. The Balaban J connectivity index is 2.14. The number of carbonyl (C=O) groups is 1. The normalized spacial score (nSPS) is 10.7. The van der Waals surface area contributed by atoms with E-state index in [4.69, 9.17) is 0 Å². The van der Waals surface area contributed by atoms with E-state index in [1.807, 2.05) is 36.0 Å². The zero-order valence-corrected chi connectivity index (χ0v) is 12.4. The lowest BCUT2D eigenvalue weighted by Crippen LogP contribution is -2.15.